The van der Waals surface area contributed by atoms with Gasteiger partial charge in [0.2, 0.25) is 5.88 Å². The van der Waals surface area contributed by atoms with Crippen molar-refractivity contribution in [3.05, 3.63) is 52.7 Å². The first-order valence-corrected chi connectivity index (χ1v) is 8.66. The largest absolute Gasteiger partial charge is 0.480 e. The third-order valence-electron chi connectivity index (χ3n) is 4.54. The average molecular weight is 445 g/mol. The Morgan fingerprint density at radius 3 is 2.73 bits per heavy atom. The van der Waals surface area contributed by atoms with E-state index in [-0.39, 0.29) is 48.4 Å². The van der Waals surface area contributed by atoms with Crippen LogP contribution in [-0.2, 0) is 16.7 Å². The molecular weight excluding hydrogens is 425 g/mol. The number of ether oxygens (including phenoxy) is 2. The lowest BCUT2D eigenvalue weighted by molar-refractivity contribution is -0.0146. The van der Waals surface area contributed by atoms with Gasteiger partial charge >= 0.3 is 0 Å². The number of carbonyl (C=O) groups excluding carboxylic acids is 1. The zero-order valence-corrected chi connectivity index (χ0v) is 17.0. The first-order chi connectivity index (χ1) is 13.8. The van der Waals surface area contributed by atoms with Gasteiger partial charge in [-0.3, -0.25) is 9.79 Å². The Morgan fingerprint density at radius 1 is 1.40 bits per heavy atom. The van der Waals surface area contributed by atoms with E-state index in [9.17, 15) is 18.0 Å². The number of benzene rings is 1. The van der Waals surface area contributed by atoms with Gasteiger partial charge in [0.25, 0.3) is 6.43 Å². The van der Waals surface area contributed by atoms with Crippen LogP contribution < -0.4 is 10.5 Å². The van der Waals surface area contributed by atoms with Gasteiger partial charge in [-0.05, 0) is 24.6 Å². The number of hydrogen-bond acceptors (Lipinski definition) is 7. The fourth-order valence-electron chi connectivity index (χ4n) is 3.11. The SMILES string of the molecule is COc1cnc(C(=O)Cc2ccc(F)c([C@]3(C(F)F)COCC(N)=N3)c2)c(C)n1.Cl. The number of methoxy groups -OCH3 is 1. The van der Waals surface area contributed by atoms with E-state index in [1.54, 1.807) is 6.92 Å². The maximum Gasteiger partial charge on any atom is 0.269 e. The number of rotatable bonds is 6. The van der Waals surface area contributed by atoms with E-state index in [1.807, 2.05) is 0 Å². The summed E-state index contributed by atoms with van der Waals surface area (Å²) in [6, 6.07) is 3.56. The summed E-state index contributed by atoms with van der Waals surface area (Å²) in [5.41, 5.74) is 3.72. The third-order valence-corrected chi connectivity index (χ3v) is 4.54. The molecule has 0 amide bonds. The standard InChI is InChI=1S/C19H19F3N4O3.ClH/c1-10-17(24-7-16(25-10)28-2)14(27)6-11-3-4-13(20)12(5-11)19(18(21)22)9-29-8-15(23)26-19;/h3-5,7,18H,6,8-9H2,1-2H3,(H2,23,26);1H/t19-;/m0./s1. The molecule has 0 spiro atoms. The van der Waals surface area contributed by atoms with Crippen molar-refractivity contribution < 1.29 is 27.4 Å². The highest BCUT2D eigenvalue weighted by atomic mass is 35.5. The van der Waals surface area contributed by atoms with Crippen molar-refractivity contribution in [1.29, 1.82) is 0 Å². The molecule has 2 N–H and O–H groups in total. The Hall–Kier alpha value is -2.72. The monoisotopic (exact) mass is 444 g/mol. The van der Waals surface area contributed by atoms with Gasteiger partial charge in [0.1, 0.15) is 24.0 Å². The van der Waals surface area contributed by atoms with Crippen LogP contribution in [0.5, 0.6) is 5.88 Å². The van der Waals surface area contributed by atoms with Crippen LogP contribution in [0.4, 0.5) is 13.2 Å². The van der Waals surface area contributed by atoms with Gasteiger partial charge in [-0.1, -0.05) is 6.07 Å². The molecule has 0 radical (unpaired) electrons. The second kappa shape index (κ2) is 9.40. The summed E-state index contributed by atoms with van der Waals surface area (Å²) in [6.07, 6.45) is -1.94. The van der Waals surface area contributed by atoms with Gasteiger partial charge in [0.15, 0.2) is 11.3 Å². The molecule has 30 heavy (non-hydrogen) atoms. The predicted octanol–water partition coefficient (Wildman–Crippen LogP) is 2.63. The van der Waals surface area contributed by atoms with Gasteiger partial charge in [-0.15, -0.1) is 12.4 Å². The predicted molar refractivity (Wildman–Crippen MR) is 105 cm³/mol. The zero-order valence-electron chi connectivity index (χ0n) is 16.2. The molecule has 1 aliphatic heterocycles. The molecule has 0 aliphatic carbocycles. The quantitative estimate of drug-likeness (QED) is 0.687. The maximum atomic E-state index is 14.5. The Labute approximate surface area is 176 Å². The number of nitrogens with two attached hydrogens (primary N) is 1. The summed E-state index contributed by atoms with van der Waals surface area (Å²) >= 11 is 0. The molecule has 0 fully saturated rings. The van der Waals surface area contributed by atoms with E-state index >= 15 is 0 Å². The molecule has 1 aromatic heterocycles. The number of aryl methyl sites for hydroxylation is 1. The van der Waals surface area contributed by atoms with E-state index in [4.69, 9.17) is 15.2 Å². The first kappa shape index (κ1) is 23.6. The molecule has 1 atom stereocenters. The van der Waals surface area contributed by atoms with Crippen molar-refractivity contribution in [2.45, 2.75) is 25.3 Å². The van der Waals surface area contributed by atoms with Gasteiger partial charge in [0, 0.05) is 12.0 Å². The zero-order chi connectivity index (χ0) is 21.2. The van der Waals surface area contributed by atoms with Crippen molar-refractivity contribution in [2.24, 2.45) is 10.7 Å². The minimum Gasteiger partial charge on any atom is -0.480 e. The normalized spacial score (nSPS) is 18.5. The van der Waals surface area contributed by atoms with E-state index in [0.29, 0.717) is 11.3 Å². The second-order valence-corrected chi connectivity index (χ2v) is 6.58. The van der Waals surface area contributed by atoms with Crippen molar-refractivity contribution in [1.82, 2.24) is 9.97 Å². The van der Waals surface area contributed by atoms with Crippen LogP contribution in [0.2, 0.25) is 0 Å². The summed E-state index contributed by atoms with van der Waals surface area (Å²) in [5.74, 6) is -1.18. The van der Waals surface area contributed by atoms with Crippen LogP contribution in [0.25, 0.3) is 0 Å². The number of nitrogens with zero attached hydrogens (tertiary/aromatic N) is 3. The summed E-state index contributed by atoms with van der Waals surface area (Å²) in [6.45, 7) is 0.966. The Kier molecular flexibility index (Phi) is 7.38. The summed E-state index contributed by atoms with van der Waals surface area (Å²) in [5, 5.41) is 0. The number of Topliss-reactive ketones (excluding diaryl/α,β-unsaturated/α-hetero) is 1. The number of aliphatic imine (C=N–C) groups is 1. The molecule has 3 rings (SSSR count). The molecule has 2 aromatic rings. The molecule has 162 valence electrons. The maximum absolute atomic E-state index is 14.5. The lowest BCUT2D eigenvalue weighted by Gasteiger charge is -2.33. The van der Waals surface area contributed by atoms with Crippen LogP contribution in [0.1, 0.15) is 27.3 Å². The van der Waals surface area contributed by atoms with E-state index in [1.165, 1.54) is 25.4 Å². The minimum absolute atomic E-state index is 0. The molecule has 2 heterocycles. The summed E-state index contributed by atoms with van der Waals surface area (Å²) in [4.78, 5) is 24.6. The van der Waals surface area contributed by atoms with Crippen molar-refractivity contribution in [2.75, 3.05) is 20.3 Å². The van der Waals surface area contributed by atoms with Crippen LogP contribution in [-0.4, -0.2) is 48.3 Å². The fourth-order valence-corrected chi connectivity index (χ4v) is 3.11. The highest BCUT2D eigenvalue weighted by molar-refractivity contribution is 5.96. The van der Waals surface area contributed by atoms with E-state index in [2.05, 4.69) is 15.0 Å². The number of amidine groups is 1. The van der Waals surface area contributed by atoms with Crippen molar-refractivity contribution in [3.8, 4) is 5.88 Å². The second-order valence-electron chi connectivity index (χ2n) is 6.58. The molecule has 11 heteroatoms. The van der Waals surface area contributed by atoms with Gasteiger partial charge < -0.3 is 15.2 Å². The van der Waals surface area contributed by atoms with Crippen LogP contribution >= 0.6 is 12.4 Å². The Morgan fingerprint density at radius 2 is 2.13 bits per heavy atom. The van der Waals surface area contributed by atoms with E-state index < -0.39 is 30.2 Å². The number of carbonyl (C=O) groups is 1. The lowest BCUT2D eigenvalue weighted by Crippen LogP contribution is -2.45. The summed E-state index contributed by atoms with van der Waals surface area (Å²) in [7, 11) is 1.42. The van der Waals surface area contributed by atoms with Gasteiger partial charge in [0.05, 0.1) is 25.6 Å². The van der Waals surface area contributed by atoms with Gasteiger partial charge in [-0.2, -0.15) is 0 Å². The lowest BCUT2D eigenvalue weighted by atomic mass is 9.88. The van der Waals surface area contributed by atoms with Crippen LogP contribution in [0.15, 0.2) is 29.4 Å². The number of aromatic nitrogens is 2. The highest BCUT2D eigenvalue weighted by Crippen LogP contribution is 2.37. The van der Waals surface area contributed by atoms with Crippen LogP contribution in [0, 0.1) is 12.7 Å². The third kappa shape index (κ3) is 4.54. The number of hydrogen-bond donors (Lipinski definition) is 1. The molecule has 1 aliphatic rings. The smallest absolute Gasteiger partial charge is 0.269 e. The Balaban J connectivity index is 0.00000320. The highest BCUT2D eigenvalue weighted by Gasteiger charge is 2.46. The number of halogens is 4. The minimum atomic E-state index is -3.06. The topological polar surface area (TPSA) is 99.7 Å². The molecule has 7 nitrogen and oxygen atoms in total. The Bertz CT molecular complexity index is 974. The number of alkyl halides is 2. The fraction of sp³-hybridized carbons (Fsp3) is 0.368. The molecule has 0 unspecified atom stereocenters. The molecule has 0 saturated heterocycles. The average Bonchev–Trinajstić information content (AvgIpc) is 2.68. The number of ketones is 1. The van der Waals surface area contributed by atoms with Crippen LogP contribution in [0.3, 0.4) is 0 Å². The molecule has 0 bridgehead atoms. The van der Waals surface area contributed by atoms with E-state index in [0.717, 1.165) is 6.07 Å². The molecule has 1 aromatic carbocycles. The van der Waals surface area contributed by atoms with Gasteiger partial charge in [-0.25, -0.2) is 23.1 Å². The summed E-state index contributed by atoms with van der Waals surface area (Å²) < 4.78 is 52.3. The molecular formula is C19H20ClF3N4O3. The van der Waals surface area contributed by atoms with Crippen molar-refractivity contribution >= 4 is 24.0 Å². The first-order valence-electron chi connectivity index (χ1n) is 8.66. The van der Waals surface area contributed by atoms with Crippen molar-refractivity contribution in [3.63, 3.8) is 0 Å². The molecule has 0 saturated carbocycles.